The largest absolute Gasteiger partial charge is 0.290 e. The first kappa shape index (κ1) is 9.60. The molecule has 0 saturated heterocycles. The van der Waals surface area contributed by atoms with Crippen molar-refractivity contribution in [3.8, 4) is 0 Å². The van der Waals surface area contributed by atoms with Crippen molar-refractivity contribution >= 4 is 35.0 Å². The predicted octanol–water partition coefficient (Wildman–Crippen LogP) is -0.709. The number of hydrogen-bond donors (Lipinski definition) is 2. The molecule has 3 nitrogen and oxygen atoms in total. The van der Waals surface area contributed by atoms with Crippen molar-refractivity contribution in [2.75, 3.05) is 0 Å². The molecule has 1 aromatic rings. The van der Waals surface area contributed by atoms with Gasteiger partial charge in [-0.25, -0.2) is 5.84 Å². The van der Waals surface area contributed by atoms with E-state index in [1.165, 1.54) is 0 Å². The first-order valence-electron chi connectivity index (χ1n) is 3.31. The molecule has 0 bridgehead atoms. The minimum atomic E-state index is -0.273. The van der Waals surface area contributed by atoms with E-state index in [1.807, 2.05) is 18.2 Å². The van der Waals surface area contributed by atoms with Crippen LogP contribution in [0.25, 0.3) is 0 Å². The first-order chi connectivity index (χ1) is 5.66. The summed E-state index contributed by atoms with van der Waals surface area (Å²) in [6, 6.07) is 5.55. The van der Waals surface area contributed by atoms with Gasteiger partial charge < -0.3 is 0 Å². The van der Waals surface area contributed by atoms with E-state index < -0.39 is 0 Å². The lowest BCUT2D eigenvalue weighted by molar-refractivity contribution is 0.0956. The fourth-order valence-corrected chi connectivity index (χ4v) is 1.91. The summed E-state index contributed by atoms with van der Waals surface area (Å²) in [6.45, 7) is 0. The molecule has 0 fully saturated rings. The third kappa shape index (κ3) is 1.81. The second-order valence-corrected chi connectivity index (χ2v) is 3.53. The third-order valence-electron chi connectivity index (χ3n) is 1.49. The van der Waals surface area contributed by atoms with Crippen LogP contribution >= 0.6 is 18.5 Å². The van der Waals surface area contributed by atoms with Gasteiger partial charge in [0.1, 0.15) is 0 Å². The van der Waals surface area contributed by atoms with Crippen LogP contribution in [0.15, 0.2) is 18.2 Å². The number of nitrogens with one attached hydrogen (secondary N) is 1. The van der Waals surface area contributed by atoms with Crippen molar-refractivity contribution in [1.29, 1.82) is 0 Å². The average Bonchev–Trinajstić information content (AvgIpc) is 2.03. The van der Waals surface area contributed by atoms with E-state index in [1.54, 1.807) is 0 Å². The Balaban J connectivity index is 3.21. The van der Waals surface area contributed by atoms with Crippen molar-refractivity contribution in [2.24, 2.45) is 5.84 Å². The summed E-state index contributed by atoms with van der Waals surface area (Å²) in [6.07, 6.45) is 0. The first-order valence-corrected chi connectivity index (χ1v) is 4.47. The Kier molecular flexibility index (Phi) is 3.16. The van der Waals surface area contributed by atoms with Crippen molar-refractivity contribution in [2.45, 2.75) is 0 Å². The lowest BCUT2D eigenvalue weighted by Crippen LogP contribution is -2.35. The van der Waals surface area contributed by atoms with E-state index in [-0.39, 0.29) is 5.91 Å². The quantitative estimate of drug-likeness (QED) is 0.272. The Morgan fingerprint density at radius 3 is 2.25 bits per heavy atom. The zero-order chi connectivity index (χ0) is 9.14. The van der Waals surface area contributed by atoms with Crippen molar-refractivity contribution in [1.82, 2.24) is 5.43 Å². The maximum Gasteiger partial charge on any atom is 0.266 e. The molecule has 64 valence electrons. The molecule has 1 amide bonds. The fourth-order valence-electron chi connectivity index (χ4n) is 0.923. The van der Waals surface area contributed by atoms with Gasteiger partial charge in [0.25, 0.3) is 5.91 Å². The van der Waals surface area contributed by atoms with Crippen LogP contribution in [0.1, 0.15) is 10.4 Å². The van der Waals surface area contributed by atoms with Crippen molar-refractivity contribution in [3.63, 3.8) is 0 Å². The summed E-state index contributed by atoms with van der Waals surface area (Å²) in [7, 11) is 4.98. The van der Waals surface area contributed by atoms with Gasteiger partial charge in [-0.2, -0.15) is 0 Å². The molecule has 0 saturated carbocycles. The number of amides is 1. The molecule has 1 aromatic carbocycles. The third-order valence-corrected chi connectivity index (χ3v) is 2.45. The number of rotatable bonds is 1. The maximum atomic E-state index is 11.2. The summed E-state index contributed by atoms with van der Waals surface area (Å²) in [5, 5.41) is 1.68. The van der Waals surface area contributed by atoms with Gasteiger partial charge in [0, 0.05) is 0 Å². The van der Waals surface area contributed by atoms with Gasteiger partial charge in [-0.15, -0.1) is 18.5 Å². The number of carbonyl (C=O) groups excluding carboxylic acids is 1. The van der Waals surface area contributed by atoms with E-state index in [2.05, 4.69) is 23.9 Å². The zero-order valence-corrected chi connectivity index (χ0v) is 8.68. The second kappa shape index (κ2) is 3.95. The van der Waals surface area contributed by atoms with Crippen LogP contribution in [-0.4, -0.2) is 5.91 Å². The molecule has 0 heterocycles. The molecule has 0 aliphatic carbocycles. The molecule has 0 aliphatic heterocycles. The molecule has 0 radical (unpaired) electrons. The normalized spacial score (nSPS) is 9.58. The van der Waals surface area contributed by atoms with Crippen LogP contribution in [0.5, 0.6) is 0 Å². The van der Waals surface area contributed by atoms with E-state index in [0.29, 0.717) is 5.56 Å². The highest BCUT2D eigenvalue weighted by Gasteiger charge is 2.09. The van der Waals surface area contributed by atoms with Gasteiger partial charge in [-0.1, -0.05) is 18.2 Å². The van der Waals surface area contributed by atoms with Crippen molar-refractivity contribution in [3.05, 3.63) is 23.8 Å². The fraction of sp³-hybridized carbons (Fsp3) is 0. The lowest BCUT2D eigenvalue weighted by atomic mass is 10.2. The molecule has 2 unspecified atom stereocenters. The molecular formula is C7H10N2OP2. The molecular weight excluding hydrogens is 190 g/mol. The SMILES string of the molecule is NNC(=O)c1c(P)cccc1P. The minimum Gasteiger partial charge on any atom is -0.290 e. The predicted molar refractivity (Wildman–Crippen MR) is 56.8 cm³/mol. The van der Waals surface area contributed by atoms with Crippen LogP contribution < -0.4 is 21.9 Å². The number of nitrogens with two attached hydrogens (primary N) is 1. The van der Waals surface area contributed by atoms with Crippen LogP contribution in [0, 0.1) is 0 Å². The highest BCUT2D eigenvalue weighted by Crippen LogP contribution is 2.01. The van der Waals surface area contributed by atoms with E-state index >= 15 is 0 Å². The topological polar surface area (TPSA) is 55.1 Å². The Morgan fingerprint density at radius 1 is 1.33 bits per heavy atom. The number of carbonyl (C=O) groups is 1. The number of hydrazine groups is 1. The standard InChI is InChI=1S/C7H10N2OP2/c8-9-7(10)6-4(11)2-1-3-5(6)12/h1-3H,8,11-12H2,(H,9,10). The monoisotopic (exact) mass is 200 g/mol. The second-order valence-electron chi connectivity index (χ2n) is 2.28. The molecule has 12 heavy (non-hydrogen) atoms. The summed E-state index contributed by atoms with van der Waals surface area (Å²) in [4.78, 5) is 11.2. The number of hydrogen-bond acceptors (Lipinski definition) is 2. The Labute approximate surface area is 75.5 Å². The van der Waals surface area contributed by atoms with E-state index in [4.69, 9.17) is 5.84 Å². The smallest absolute Gasteiger partial charge is 0.266 e. The van der Waals surface area contributed by atoms with Crippen LogP contribution in [0.4, 0.5) is 0 Å². The number of benzene rings is 1. The average molecular weight is 200 g/mol. The van der Waals surface area contributed by atoms with Gasteiger partial charge in [-0.3, -0.25) is 10.2 Å². The van der Waals surface area contributed by atoms with Crippen LogP contribution in [0.2, 0.25) is 0 Å². The zero-order valence-electron chi connectivity index (χ0n) is 6.37. The summed E-state index contributed by atoms with van der Waals surface area (Å²) < 4.78 is 0. The molecule has 1 rings (SSSR count). The van der Waals surface area contributed by atoms with Gasteiger partial charge in [0.15, 0.2) is 0 Å². The van der Waals surface area contributed by atoms with Crippen molar-refractivity contribution < 1.29 is 4.79 Å². The molecule has 2 atom stereocenters. The van der Waals surface area contributed by atoms with Crippen LogP contribution in [0.3, 0.4) is 0 Å². The van der Waals surface area contributed by atoms with E-state index in [9.17, 15) is 4.79 Å². The Bertz CT molecular complexity index is 294. The molecule has 3 N–H and O–H groups in total. The maximum absolute atomic E-state index is 11.2. The summed E-state index contributed by atoms with van der Waals surface area (Å²) in [5.74, 6) is 4.75. The van der Waals surface area contributed by atoms with Gasteiger partial charge in [0.2, 0.25) is 0 Å². The molecule has 0 spiro atoms. The Morgan fingerprint density at radius 2 is 1.83 bits per heavy atom. The summed E-state index contributed by atoms with van der Waals surface area (Å²) in [5.41, 5.74) is 2.69. The van der Waals surface area contributed by atoms with E-state index in [0.717, 1.165) is 10.6 Å². The highest BCUT2D eigenvalue weighted by atomic mass is 31.0. The minimum absolute atomic E-state index is 0.273. The van der Waals surface area contributed by atoms with Gasteiger partial charge in [-0.05, 0) is 10.6 Å². The Hall–Kier alpha value is -0.490. The van der Waals surface area contributed by atoms with Gasteiger partial charge in [0.05, 0.1) is 5.56 Å². The number of nitrogen functional groups attached to an aromatic ring is 1. The molecule has 5 heteroatoms. The van der Waals surface area contributed by atoms with Gasteiger partial charge >= 0.3 is 0 Å². The summed E-state index contributed by atoms with van der Waals surface area (Å²) >= 11 is 0. The molecule has 0 aliphatic rings. The molecule has 0 aromatic heterocycles. The lowest BCUT2D eigenvalue weighted by Gasteiger charge is -2.06. The van der Waals surface area contributed by atoms with Crippen LogP contribution in [-0.2, 0) is 0 Å². The highest BCUT2D eigenvalue weighted by molar-refractivity contribution is 7.30.